The highest BCUT2D eigenvalue weighted by Crippen LogP contribution is 2.35. The first-order valence-electron chi connectivity index (χ1n) is 8.33. The maximum atomic E-state index is 12.7. The molecule has 2 aliphatic rings. The predicted molar refractivity (Wildman–Crippen MR) is 86.3 cm³/mol. The topological polar surface area (TPSA) is 58.6 Å². The summed E-state index contributed by atoms with van der Waals surface area (Å²) in [6, 6.07) is 9.70. The maximum absolute atomic E-state index is 12.7. The first-order valence-corrected chi connectivity index (χ1v) is 8.33. The smallest absolute Gasteiger partial charge is 0.259 e. The van der Waals surface area contributed by atoms with E-state index in [1.807, 2.05) is 30.3 Å². The number of likely N-dealkylation sites (tertiary alicyclic amines) is 1. The van der Waals surface area contributed by atoms with Crippen molar-refractivity contribution in [1.29, 1.82) is 0 Å². The number of amides is 2. The second kappa shape index (κ2) is 6.71. The predicted octanol–water partition coefficient (Wildman–Crippen LogP) is 1.93. The highest BCUT2D eigenvalue weighted by molar-refractivity contribution is 6.06. The average molecular weight is 316 g/mol. The summed E-state index contributed by atoms with van der Waals surface area (Å²) in [6.07, 6.45) is 4.49. The van der Waals surface area contributed by atoms with Gasteiger partial charge in [-0.15, -0.1) is 0 Å². The van der Waals surface area contributed by atoms with E-state index in [0.717, 1.165) is 18.4 Å². The number of hydrogen-bond acceptors (Lipinski definition) is 3. The Morgan fingerprint density at radius 3 is 2.65 bits per heavy atom. The second-order valence-electron chi connectivity index (χ2n) is 6.76. The summed E-state index contributed by atoms with van der Waals surface area (Å²) in [6.45, 7) is 1.14. The van der Waals surface area contributed by atoms with Crippen LogP contribution in [0.5, 0.6) is 0 Å². The van der Waals surface area contributed by atoms with Gasteiger partial charge in [-0.1, -0.05) is 36.8 Å². The van der Waals surface area contributed by atoms with Crippen LogP contribution in [0.25, 0.3) is 0 Å². The number of benzene rings is 1. The van der Waals surface area contributed by atoms with E-state index in [1.54, 1.807) is 11.9 Å². The molecule has 1 unspecified atom stereocenters. The summed E-state index contributed by atoms with van der Waals surface area (Å²) in [5.41, 5.74) is 2.49. The van der Waals surface area contributed by atoms with Crippen LogP contribution in [0, 0.1) is 11.3 Å². The summed E-state index contributed by atoms with van der Waals surface area (Å²) < 4.78 is 0. The molecule has 0 spiro atoms. The third-order valence-corrected chi connectivity index (χ3v) is 5.12. The summed E-state index contributed by atoms with van der Waals surface area (Å²) in [5, 5.41) is 0. The Morgan fingerprint density at radius 1 is 1.35 bits per heavy atom. The largest absolute Gasteiger partial charge is 0.345 e. The van der Waals surface area contributed by atoms with Gasteiger partial charge in [-0.2, -0.15) is 0 Å². The molecule has 23 heavy (non-hydrogen) atoms. The molecule has 1 N–H and O–H groups in total. The van der Waals surface area contributed by atoms with Gasteiger partial charge in [0.1, 0.15) is 5.41 Å². The third-order valence-electron chi connectivity index (χ3n) is 5.12. The molecule has 3 rings (SSSR count). The fourth-order valence-corrected chi connectivity index (χ4v) is 3.31. The van der Waals surface area contributed by atoms with Gasteiger partial charge in [0.2, 0.25) is 5.91 Å². The Balaban J connectivity index is 1.69. The number of hydrogen-bond donors (Lipinski definition) is 1. The third kappa shape index (κ3) is 3.24. The van der Waals surface area contributed by atoms with E-state index in [1.165, 1.54) is 6.42 Å². The van der Waals surface area contributed by atoms with Gasteiger partial charge in [-0.05, 0) is 37.2 Å². The Labute approximate surface area is 136 Å². The molecule has 2 fully saturated rings. The van der Waals surface area contributed by atoms with Crippen LogP contribution in [0.1, 0.15) is 31.2 Å². The normalized spacial score (nSPS) is 24.6. The molecule has 0 bridgehead atoms. The van der Waals surface area contributed by atoms with Crippen LogP contribution in [-0.4, -0.2) is 36.9 Å². The van der Waals surface area contributed by atoms with Crippen molar-refractivity contribution in [3.05, 3.63) is 35.9 Å². The molecular weight excluding hydrogens is 292 g/mol. The maximum Gasteiger partial charge on any atom is 0.259 e. The number of carbonyl (C=O) groups is 2. The van der Waals surface area contributed by atoms with E-state index in [-0.39, 0.29) is 11.8 Å². The SMILES string of the molecule is CN1CCC(Cc2ccccc2)(C(=O)NOCC2CCC2)C1=O. The minimum Gasteiger partial charge on any atom is -0.345 e. The monoisotopic (exact) mass is 316 g/mol. The quantitative estimate of drug-likeness (QED) is 0.644. The lowest BCUT2D eigenvalue weighted by molar-refractivity contribution is -0.153. The van der Waals surface area contributed by atoms with Crippen LogP contribution in [-0.2, 0) is 20.8 Å². The van der Waals surface area contributed by atoms with Crippen molar-refractivity contribution < 1.29 is 14.4 Å². The zero-order chi connectivity index (χ0) is 16.3. The highest BCUT2D eigenvalue weighted by atomic mass is 16.7. The number of hydroxylamine groups is 1. The molecule has 124 valence electrons. The second-order valence-corrected chi connectivity index (χ2v) is 6.76. The summed E-state index contributed by atoms with van der Waals surface area (Å²) >= 11 is 0. The van der Waals surface area contributed by atoms with Crippen molar-refractivity contribution >= 4 is 11.8 Å². The summed E-state index contributed by atoms with van der Waals surface area (Å²) in [5.74, 6) is 0.114. The summed E-state index contributed by atoms with van der Waals surface area (Å²) in [4.78, 5) is 32.4. The van der Waals surface area contributed by atoms with Gasteiger partial charge in [-0.3, -0.25) is 14.4 Å². The molecule has 2 amide bonds. The van der Waals surface area contributed by atoms with Crippen LogP contribution in [0.3, 0.4) is 0 Å². The Morgan fingerprint density at radius 2 is 2.09 bits per heavy atom. The van der Waals surface area contributed by atoms with Crippen molar-refractivity contribution in [3.63, 3.8) is 0 Å². The molecule has 1 heterocycles. The molecule has 1 aromatic carbocycles. The molecule has 1 saturated heterocycles. The van der Waals surface area contributed by atoms with Gasteiger partial charge >= 0.3 is 0 Å². The average Bonchev–Trinajstić information content (AvgIpc) is 2.80. The van der Waals surface area contributed by atoms with Crippen molar-refractivity contribution in [3.8, 4) is 0 Å². The first kappa shape index (κ1) is 16.0. The van der Waals surface area contributed by atoms with E-state index < -0.39 is 5.41 Å². The minimum atomic E-state index is -1.05. The van der Waals surface area contributed by atoms with E-state index >= 15 is 0 Å². The van der Waals surface area contributed by atoms with Crippen LogP contribution < -0.4 is 5.48 Å². The zero-order valence-electron chi connectivity index (χ0n) is 13.6. The van der Waals surface area contributed by atoms with Gasteiger partial charge < -0.3 is 4.90 Å². The van der Waals surface area contributed by atoms with Gasteiger partial charge in [0, 0.05) is 13.6 Å². The molecule has 1 saturated carbocycles. The molecule has 1 atom stereocenters. The lowest BCUT2D eigenvalue weighted by atomic mass is 9.79. The number of rotatable bonds is 6. The number of nitrogens with zero attached hydrogens (tertiary/aromatic N) is 1. The van der Waals surface area contributed by atoms with Gasteiger partial charge in [0.25, 0.3) is 5.91 Å². The van der Waals surface area contributed by atoms with Crippen molar-refractivity contribution in [2.75, 3.05) is 20.2 Å². The lowest BCUT2D eigenvalue weighted by Gasteiger charge is -2.28. The van der Waals surface area contributed by atoms with Crippen molar-refractivity contribution in [2.24, 2.45) is 11.3 Å². The Hall–Kier alpha value is -1.88. The molecule has 1 aromatic rings. The lowest BCUT2D eigenvalue weighted by Crippen LogP contribution is -2.48. The molecule has 1 aliphatic carbocycles. The fraction of sp³-hybridized carbons (Fsp3) is 0.556. The molecule has 5 nitrogen and oxygen atoms in total. The van der Waals surface area contributed by atoms with E-state index in [9.17, 15) is 9.59 Å². The van der Waals surface area contributed by atoms with Crippen LogP contribution in [0.2, 0.25) is 0 Å². The number of carbonyl (C=O) groups excluding carboxylic acids is 2. The zero-order valence-corrected chi connectivity index (χ0v) is 13.6. The first-order chi connectivity index (χ1) is 11.1. The van der Waals surface area contributed by atoms with Crippen molar-refractivity contribution in [1.82, 2.24) is 10.4 Å². The van der Waals surface area contributed by atoms with Gasteiger partial charge in [0.15, 0.2) is 0 Å². The standard InChI is InChI=1S/C18H24N2O3/c1-20-11-10-18(17(20)22,12-14-6-3-2-4-7-14)16(21)19-23-13-15-8-5-9-15/h2-4,6-7,15H,5,8-13H2,1H3,(H,19,21). The van der Waals surface area contributed by atoms with Crippen LogP contribution >= 0.6 is 0 Å². The van der Waals surface area contributed by atoms with Crippen LogP contribution in [0.4, 0.5) is 0 Å². The highest BCUT2D eigenvalue weighted by Gasteiger charge is 2.51. The fourth-order valence-electron chi connectivity index (χ4n) is 3.31. The molecule has 5 heteroatoms. The minimum absolute atomic E-state index is 0.119. The van der Waals surface area contributed by atoms with E-state index in [2.05, 4.69) is 5.48 Å². The molecular formula is C18H24N2O3. The Bertz CT molecular complexity index is 571. The van der Waals surface area contributed by atoms with E-state index in [0.29, 0.717) is 31.9 Å². The summed E-state index contributed by atoms with van der Waals surface area (Å²) in [7, 11) is 1.75. The molecule has 0 aromatic heterocycles. The van der Waals surface area contributed by atoms with Gasteiger partial charge in [-0.25, -0.2) is 5.48 Å². The van der Waals surface area contributed by atoms with Crippen molar-refractivity contribution in [2.45, 2.75) is 32.1 Å². The molecule has 0 radical (unpaired) electrons. The molecule has 1 aliphatic heterocycles. The van der Waals surface area contributed by atoms with Crippen LogP contribution in [0.15, 0.2) is 30.3 Å². The number of nitrogens with one attached hydrogen (secondary N) is 1. The Kier molecular flexibility index (Phi) is 4.66. The van der Waals surface area contributed by atoms with Gasteiger partial charge in [0.05, 0.1) is 6.61 Å². The van der Waals surface area contributed by atoms with E-state index in [4.69, 9.17) is 4.84 Å².